The Hall–Kier alpha value is -4.39. The van der Waals surface area contributed by atoms with Gasteiger partial charge in [0.25, 0.3) is 11.8 Å². The second kappa shape index (κ2) is 9.18. The number of benzene rings is 3. The number of ether oxygens (including phenoxy) is 2. The zero-order valence-corrected chi connectivity index (χ0v) is 17.6. The molecule has 0 aliphatic carbocycles. The number of amides is 2. The normalized spacial score (nSPS) is 10.4. The van der Waals surface area contributed by atoms with Crippen LogP contribution in [0.1, 0.15) is 20.7 Å². The fourth-order valence-corrected chi connectivity index (χ4v) is 3.35. The number of fused-ring (bicyclic) bond motifs is 1. The summed E-state index contributed by atoms with van der Waals surface area (Å²) in [5.41, 5.74) is 7.78. The number of para-hydroxylation sites is 1. The summed E-state index contributed by atoms with van der Waals surface area (Å²) in [6.07, 6.45) is 0. The predicted molar refractivity (Wildman–Crippen MR) is 122 cm³/mol. The van der Waals surface area contributed by atoms with Gasteiger partial charge in [-0.15, -0.1) is 0 Å². The molecule has 0 saturated heterocycles. The molecule has 7 nitrogen and oxygen atoms in total. The van der Waals surface area contributed by atoms with Crippen LogP contribution in [0.4, 0.5) is 0 Å². The number of methoxy groups -OCH3 is 2. The third kappa shape index (κ3) is 4.22. The van der Waals surface area contributed by atoms with E-state index in [1.54, 1.807) is 56.7 Å². The van der Waals surface area contributed by atoms with Crippen LogP contribution in [0.25, 0.3) is 22.2 Å². The SMILES string of the molecule is COc1ccc(-c2cc(C(=O)NNC(=O)c3ccccc3)c3ccccc3n2)cc1OC. The molecular formula is C25H21N3O4. The molecule has 0 bridgehead atoms. The molecule has 160 valence electrons. The van der Waals surface area contributed by atoms with Gasteiger partial charge < -0.3 is 9.47 Å². The first kappa shape index (κ1) is 20.9. The van der Waals surface area contributed by atoms with Crippen LogP contribution in [0.3, 0.4) is 0 Å². The van der Waals surface area contributed by atoms with Gasteiger partial charge >= 0.3 is 0 Å². The highest BCUT2D eigenvalue weighted by Crippen LogP contribution is 2.33. The number of hydrogen-bond donors (Lipinski definition) is 2. The van der Waals surface area contributed by atoms with Crippen molar-refractivity contribution in [3.63, 3.8) is 0 Å². The van der Waals surface area contributed by atoms with E-state index in [0.29, 0.717) is 39.2 Å². The van der Waals surface area contributed by atoms with Crippen molar-refractivity contribution in [2.45, 2.75) is 0 Å². The van der Waals surface area contributed by atoms with E-state index in [-0.39, 0.29) is 0 Å². The number of nitrogens with zero attached hydrogens (tertiary/aromatic N) is 1. The van der Waals surface area contributed by atoms with E-state index >= 15 is 0 Å². The highest BCUT2D eigenvalue weighted by molar-refractivity contribution is 6.08. The van der Waals surface area contributed by atoms with E-state index in [9.17, 15) is 9.59 Å². The molecule has 0 unspecified atom stereocenters. The molecule has 2 N–H and O–H groups in total. The lowest BCUT2D eigenvalue weighted by atomic mass is 10.0. The molecule has 0 saturated carbocycles. The Morgan fingerprint density at radius 2 is 1.44 bits per heavy atom. The van der Waals surface area contributed by atoms with Gasteiger partial charge in [0.1, 0.15) is 0 Å². The van der Waals surface area contributed by atoms with Crippen LogP contribution in [-0.4, -0.2) is 31.0 Å². The van der Waals surface area contributed by atoms with Crippen LogP contribution >= 0.6 is 0 Å². The molecule has 0 atom stereocenters. The third-order valence-electron chi connectivity index (χ3n) is 4.97. The fourth-order valence-electron chi connectivity index (χ4n) is 3.35. The molecule has 0 aliphatic rings. The number of carbonyl (C=O) groups is 2. The second-order valence-corrected chi connectivity index (χ2v) is 6.92. The predicted octanol–water partition coefficient (Wildman–Crippen LogP) is 3.99. The number of hydrogen-bond acceptors (Lipinski definition) is 5. The number of aromatic nitrogens is 1. The van der Waals surface area contributed by atoms with Gasteiger partial charge in [-0.25, -0.2) is 4.98 Å². The first-order valence-corrected chi connectivity index (χ1v) is 9.88. The average molecular weight is 427 g/mol. The highest BCUT2D eigenvalue weighted by Gasteiger charge is 2.16. The number of nitrogens with one attached hydrogen (secondary N) is 2. The van der Waals surface area contributed by atoms with Crippen molar-refractivity contribution in [1.82, 2.24) is 15.8 Å². The van der Waals surface area contributed by atoms with Crippen LogP contribution in [-0.2, 0) is 0 Å². The zero-order valence-electron chi connectivity index (χ0n) is 17.6. The van der Waals surface area contributed by atoms with Crippen LogP contribution in [0.5, 0.6) is 11.5 Å². The van der Waals surface area contributed by atoms with E-state index in [1.165, 1.54) is 0 Å². The van der Waals surface area contributed by atoms with Gasteiger partial charge in [-0.3, -0.25) is 20.4 Å². The van der Waals surface area contributed by atoms with Crippen molar-refractivity contribution in [2.24, 2.45) is 0 Å². The average Bonchev–Trinajstić information content (AvgIpc) is 2.86. The van der Waals surface area contributed by atoms with Gasteiger partial charge in [0.2, 0.25) is 0 Å². The summed E-state index contributed by atoms with van der Waals surface area (Å²) in [6.45, 7) is 0. The molecule has 3 aromatic carbocycles. The number of carbonyl (C=O) groups excluding carboxylic acids is 2. The lowest BCUT2D eigenvalue weighted by Gasteiger charge is -2.13. The van der Waals surface area contributed by atoms with E-state index in [2.05, 4.69) is 10.9 Å². The molecule has 32 heavy (non-hydrogen) atoms. The second-order valence-electron chi connectivity index (χ2n) is 6.92. The van der Waals surface area contributed by atoms with Crippen molar-refractivity contribution in [1.29, 1.82) is 0 Å². The maximum atomic E-state index is 13.0. The van der Waals surface area contributed by atoms with Crippen molar-refractivity contribution >= 4 is 22.7 Å². The maximum absolute atomic E-state index is 13.0. The van der Waals surface area contributed by atoms with Gasteiger partial charge in [0, 0.05) is 16.5 Å². The molecule has 1 aromatic heterocycles. The molecule has 0 spiro atoms. The van der Waals surface area contributed by atoms with Crippen LogP contribution < -0.4 is 20.3 Å². The Labute approximate surface area is 185 Å². The Kier molecular flexibility index (Phi) is 5.98. The third-order valence-corrected chi connectivity index (χ3v) is 4.97. The van der Waals surface area contributed by atoms with Gasteiger partial charge in [-0.1, -0.05) is 36.4 Å². The summed E-state index contributed by atoms with van der Waals surface area (Å²) in [6, 6.07) is 23.1. The Morgan fingerprint density at radius 1 is 0.750 bits per heavy atom. The van der Waals surface area contributed by atoms with Gasteiger partial charge in [-0.05, 0) is 42.5 Å². The molecule has 2 amide bonds. The largest absolute Gasteiger partial charge is 0.493 e. The molecule has 7 heteroatoms. The number of hydrazine groups is 1. The monoisotopic (exact) mass is 427 g/mol. The van der Waals surface area contributed by atoms with Crippen molar-refractivity contribution < 1.29 is 19.1 Å². The van der Waals surface area contributed by atoms with Gasteiger partial charge in [0.15, 0.2) is 11.5 Å². The van der Waals surface area contributed by atoms with Crippen LogP contribution in [0.15, 0.2) is 78.9 Å². The summed E-state index contributed by atoms with van der Waals surface area (Å²) in [5, 5.41) is 0.670. The first-order valence-electron chi connectivity index (χ1n) is 9.88. The molecular weight excluding hydrogens is 406 g/mol. The Morgan fingerprint density at radius 3 is 2.19 bits per heavy atom. The summed E-state index contributed by atoms with van der Waals surface area (Å²) < 4.78 is 10.7. The van der Waals surface area contributed by atoms with Crippen LogP contribution in [0.2, 0.25) is 0 Å². The summed E-state index contributed by atoms with van der Waals surface area (Å²) in [5.74, 6) is 0.298. The topological polar surface area (TPSA) is 89.6 Å². The Balaban J connectivity index is 1.68. The van der Waals surface area contributed by atoms with Gasteiger partial charge in [0.05, 0.1) is 31.0 Å². The number of rotatable bonds is 5. The highest BCUT2D eigenvalue weighted by atomic mass is 16.5. The minimum absolute atomic E-state index is 0.383. The van der Waals surface area contributed by atoms with E-state index in [1.807, 2.05) is 36.4 Å². The quantitative estimate of drug-likeness (QED) is 0.470. The van der Waals surface area contributed by atoms with Crippen molar-refractivity contribution in [3.8, 4) is 22.8 Å². The number of pyridine rings is 1. The molecule has 0 aliphatic heterocycles. The lowest BCUT2D eigenvalue weighted by molar-refractivity contribution is 0.0847. The lowest BCUT2D eigenvalue weighted by Crippen LogP contribution is -2.41. The van der Waals surface area contributed by atoms with E-state index < -0.39 is 11.8 Å². The molecule has 0 fully saturated rings. The smallest absolute Gasteiger partial charge is 0.270 e. The van der Waals surface area contributed by atoms with E-state index in [0.717, 1.165) is 5.56 Å². The summed E-state index contributed by atoms with van der Waals surface area (Å²) in [4.78, 5) is 30.0. The minimum atomic E-state index is -0.449. The van der Waals surface area contributed by atoms with Crippen molar-refractivity contribution in [3.05, 3.63) is 90.0 Å². The minimum Gasteiger partial charge on any atom is -0.493 e. The molecule has 4 rings (SSSR count). The van der Waals surface area contributed by atoms with Crippen LogP contribution in [0, 0.1) is 0 Å². The summed E-state index contributed by atoms with van der Waals surface area (Å²) >= 11 is 0. The zero-order chi connectivity index (χ0) is 22.5. The first-order chi connectivity index (χ1) is 15.6. The van der Waals surface area contributed by atoms with Gasteiger partial charge in [-0.2, -0.15) is 0 Å². The molecule has 4 aromatic rings. The molecule has 0 radical (unpaired) electrons. The van der Waals surface area contributed by atoms with E-state index in [4.69, 9.17) is 14.5 Å². The fraction of sp³-hybridized carbons (Fsp3) is 0.0800. The molecule has 1 heterocycles. The summed E-state index contributed by atoms with van der Waals surface area (Å²) in [7, 11) is 3.13. The maximum Gasteiger partial charge on any atom is 0.270 e. The standard InChI is InChI=1S/C25H21N3O4/c1-31-22-13-12-17(14-23(22)32-2)21-15-19(18-10-6-7-11-20(18)26-21)25(30)28-27-24(29)16-8-4-3-5-9-16/h3-15H,1-2H3,(H,27,29)(H,28,30). The van der Waals surface area contributed by atoms with Crippen molar-refractivity contribution in [2.75, 3.05) is 14.2 Å². The Bertz CT molecular complexity index is 1290.